The first-order valence-electron chi connectivity index (χ1n) is 10.9. The van der Waals surface area contributed by atoms with Gasteiger partial charge < -0.3 is 4.74 Å². The number of carbonyl (C=O) groups is 1. The molecule has 0 saturated heterocycles. The van der Waals surface area contributed by atoms with Gasteiger partial charge in [0.1, 0.15) is 5.75 Å². The molecule has 29 heavy (non-hydrogen) atoms. The molecule has 3 nitrogen and oxygen atoms in total. The van der Waals surface area contributed by atoms with E-state index < -0.39 is 0 Å². The molecule has 0 aliphatic heterocycles. The first-order valence-corrected chi connectivity index (χ1v) is 10.9. The summed E-state index contributed by atoms with van der Waals surface area (Å²) in [6.45, 7) is 4.66. The maximum Gasteiger partial charge on any atom is 0.343 e. The van der Waals surface area contributed by atoms with Gasteiger partial charge in [0.2, 0.25) is 0 Å². The summed E-state index contributed by atoms with van der Waals surface area (Å²) in [4.78, 5) is 12.3. The van der Waals surface area contributed by atoms with Crippen molar-refractivity contribution in [2.75, 3.05) is 0 Å². The first-order chi connectivity index (χ1) is 14.1. The Morgan fingerprint density at radius 1 is 1.07 bits per heavy atom. The molecule has 0 spiro atoms. The molecule has 0 radical (unpaired) electrons. The zero-order valence-corrected chi connectivity index (χ0v) is 17.6. The van der Waals surface area contributed by atoms with Crippen LogP contribution in [-0.2, 0) is 6.42 Å². The van der Waals surface area contributed by atoms with E-state index in [2.05, 4.69) is 32.0 Å². The second-order valence-corrected chi connectivity index (χ2v) is 8.47. The highest BCUT2D eigenvalue weighted by molar-refractivity contribution is 5.91. The van der Waals surface area contributed by atoms with Crippen LogP contribution in [0.15, 0.2) is 48.5 Å². The smallest absolute Gasteiger partial charge is 0.343 e. The van der Waals surface area contributed by atoms with Crippen LogP contribution < -0.4 is 4.74 Å². The number of rotatable bonds is 7. The number of ether oxygens (including phenoxy) is 1. The summed E-state index contributed by atoms with van der Waals surface area (Å²) >= 11 is 0. The fourth-order valence-electron chi connectivity index (χ4n) is 4.53. The van der Waals surface area contributed by atoms with Crippen molar-refractivity contribution in [2.45, 2.75) is 58.8 Å². The van der Waals surface area contributed by atoms with Crippen LogP contribution in [0.1, 0.15) is 73.9 Å². The average molecular weight is 390 g/mol. The summed E-state index contributed by atoms with van der Waals surface area (Å²) in [5.41, 5.74) is 2.37. The van der Waals surface area contributed by atoms with Gasteiger partial charge in [-0.15, -0.1) is 0 Å². The van der Waals surface area contributed by atoms with Crippen LogP contribution >= 0.6 is 0 Å². The minimum atomic E-state index is -0.372. The van der Waals surface area contributed by atoms with E-state index >= 15 is 0 Å². The molecule has 0 bridgehead atoms. The van der Waals surface area contributed by atoms with Gasteiger partial charge >= 0.3 is 5.97 Å². The molecule has 0 heterocycles. The van der Waals surface area contributed by atoms with Crippen LogP contribution in [0.4, 0.5) is 0 Å². The molecule has 0 N–H and O–H groups in total. The Bertz CT molecular complexity index is 825. The highest BCUT2D eigenvalue weighted by atomic mass is 16.5. The largest absolute Gasteiger partial charge is 0.423 e. The third kappa shape index (κ3) is 5.94. The molecule has 3 rings (SSSR count). The van der Waals surface area contributed by atoms with Crippen molar-refractivity contribution in [3.8, 4) is 11.8 Å². The summed E-state index contributed by atoms with van der Waals surface area (Å²) in [5.74, 6) is 2.52. The van der Waals surface area contributed by atoms with Gasteiger partial charge in [-0.2, -0.15) is 5.26 Å². The Morgan fingerprint density at radius 3 is 2.31 bits per heavy atom. The highest BCUT2D eigenvalue weighted by Gasteiger charge is 2.24. The predicted molar refractivity (Wildman–Crippen MR) is 116 cm³/mol. The van der Waals surface area contributed by atoms with Gasteiger partial charge in [-0.1, -0.05) is 51.7 Å². The fourth-order valence-corrected chi connectivity index (χ4v) is 4.53. The number of benzene rings is 2. The summed E-state index contributed by atoms with van der Waals surface area (Å²) in [6.07, 6.45) is 9.27. The van der Waals surface area contributed by atoms with Gasteiger partial charge in [0, 0.05) is 0 Å². The number of nitrogens with zero attached hydrogens (tertiary/aromatic N) is 1. The van der Waals surface area contributed by atoms with Crippen LogP contribution in [0.5, 0.6) is 5.75 Å². The van der Waals surface area contributed by atoms with Gasteiger partial charge in [0.25, 0.3) is 0 Å². The van der Waals surface area contributed by atoms with Crippen LogP contribution in [-0.4, -0.2) is 5.97 Å². The van der Waals surface area contributed by atoms with Crippen molar-refractivity contribution in [1.82, 2.24) is 0 Å². The Labute approximate surface area is 174 Å². The van der Waals surface area contributed by atoms with E-state index in [1.54, 1.807) is 24.3 Å². The van der Waals surface area contributed by atoms with Crippen molar-refractivity contribution >= 4 is 5.97 Å². The fraction of sp³-hybridized carbons (Fsp3) is 0.462. The van der Waals surface area contributed by atoms with Crippen LogP contribution in [0, 0.1) is 29.1 Å². The van der Waals surface area contributed by atoms with Crippen LogP contribution in [0.25, 0.3) is 0 Å². The molecule has 1 atom stereocenters. The lowest BCUT2D eigenvalue weighted by molar-refractivity contribution is 0.0734. The van der Waals surface area contributed by atoms with Gasteiger partial charge in [-0.25, -0.2) is 4.79 Å². The molecule has 3 heteroatoms. The predicted octanol–water partition coefficient (Wildman–Crippen LogP) is 6.56. The quantitative estimate of drug-likeness (QED) is 0.398. The lowest BCUT2D eigenvalue weighted by atomic mass is 9.74. The lowest BCUT2D eigenvalue weighted by Gasteiger charge is -2.32. The third-order valence-corrected chi connectivity index (χ3v) is 6.33. The molecular formula is C26H31NO2. The lowest BCUT2D eigenvalue weighted by Crippen LogP contribution is -2.21. The molecule has 0 amide bonds. The van der Waals surface area contributed by atoms with E-state index in [4.69, 9.17) is 10.00 Å². The molecule has 1 unspecified atom stereocenters. The molecule has 1 aliphatic rings. The second kappa shape index (κ2) is 10.3. The number of hydrogen-bond donors (Lipinski definition) is 0. The highest BCUT2D eigenvalue weighted by Crippen LogP contribution is 2.36. The topological polar surface area (TPSA) is 50.1 Å². The minimum Gasteiger partial charge on any atom is -0.423 e. The normalized spacial score (nSPS) is 19.9. The van der Waals surface area contributed by atoms with Crippen molar-refractivity contribution in [3.63, 3.8) is 0 Å². The average Bonchev–Trinajstić information content (AvgIpc) is 2.75. The van der Waals surface area contributed by atoms with E-state index in [-0.39, 0.29) is 5.97 Å². The molecular weight excluding hydrogens is 358 g/mol. The number of hydrogen-bond acceptors (Lipinski definition) is 3. The van der Waals surface area contributed by atoms with Gasteiger partial charge in [0.15, 0.2) is 0 Å². The van der Waals surface area contributed by atoms with Gasteiger partial charge in [-0.05, 0) is 79.0 Å². The van der Waals surface area contributed by atoms with E-state index in [0.29, 0.717) is 22.8 Å². The van der Waals surface area contributed by atoms with E-state index in [0.717, 1.165) is 18.3 Å². The maximum absolute atomic E-state index is 12.3. The third-order valence-electron chi connectivity index (χ3n) is 6.33. The summed E-state index contributed by atoms with van der Waals surface area (Å²) in [6, 6.07) is 16.4. The van der Waals surface area contributed by atoms with Crippen molar-refractivity contribution in [2.24, 2.45) is 17.8 Å². The second-order valence-electron chi connectivity index (χ2n) is 8.47. The zero-order chi connectivity index (χ0) is 20.6. The molecule has 2 aromatic rings. The van der Waals surface area contributed by atoms with Crippen LogP contribution in [0.3, 0.4) is 0 Å². The van der Waals surface area contributed by atoms with Crippen molar-refractivity contribution in [1.29, 1.82) is 5.26 Å². The molecule has 0 aromatic heterocycles. The van der Waals surface area contributed by atoms with Crippen molar-refractivity contribution < 1.29 is 9.53 Å². The van der Waals surface area contributed by atoms with E-state index in [9.17, 15) is 4.79 Å². The summed E-state index contributed by atoms with van der Waals surface area (Å²) in [7, 11) is 0. The first kappa shape index (κ1) is 21.1. The Kier molecular flexibility index (Phi) is 7.47. The minimum absolute atomic E-state index is 0.372. The molecule has 1 saturated carbocycles. The van der Waals surface area contributed by atoms with Gasteiger partial charge in [0.05, 0.1) is 17.2 Å². The summed E-state index contributed by atoms with van der Waals surface area (Å²) < 4.78 is 5.40. The van der Waals surface area contributed by atoms with E-state index in [1.807, 2.05) is 12.1 Å². The SMILES string of the molecule is CCCC1CCC(C(C)Cc2ccc(C(=O)Oc3ccc(C#N)cc3)cc2)CC1. The maximum atomic E-state index is 12.3. The molecule has 152 valence electrons. The number of carbonyl (C=O) groups excluding carboxylic acids is 1. The standard InChI is InChI=1S/C26H31NO2/c1-3-4-20-5-11-23(12-6-20)19(2)17-21-7-13-24(14-8-21)26(28)29-25-15-9-22(18-27)10-16-25/h7-10,13-16,19-20,23H,3-6,11-12,17H2,1-2H3. The monoisotopic (exact) mass is 389 g/mol. The molecule has 1 aliphatic carbocycles. The Balaban J connectivity index is 1.51. The molecule has 1 fully saturated rings. The van der Waals surface area contributed by atoms with E-state index in [1.165, 1.54) is 44.1 Å². The Hall–Kier alpha value is -2.60. The van der Waals surface area contributed by atoms with Crippen LogP contribution in [0.2, 0.25) is 0 Å². The summed E-state index contributed by atoms with van der Waals surface area (Å²) in [5, 5.41) is 8.84. The number of esters is 1. The zero-order valence-electron chi connectivity index (χ0n) is 17.6. The number of nitriles is 1. The van der Waals surface area contributed by atoms with Crippen molar-refractivity contribution in [3.05, 3.63) is 65.2 Å². The Morgan fingerprint density at radius 2 is 1.72 bits per heavy atom. The van der Waals surface area contributed by atoms with Gasteiger partial charge in [-0.3, -0.25) is 0 Å². The molecule has 2 aromatic carbocycles.